The monoisotopic (exact) mass is 529 g/mol. The van der Waals surface area contributed by atoms with E-state index in [0.29, 0.717) is 30.5 Å². The smallest absolute Gasteiger partial charge is 0.254 e. The van der Waals surface area contributed by atoms with Crippen LogP contribution in [0.1, 0.15) is 47.4 Å². The lowest BCUT2D eigenvalue weighted by molar-refractivity contribution is -0.138. The van der Waals surface area contributed by atoms with Crippen LogP contribution in [0.3, 0.4) is 0 Å². The van der Waals surface area contributed by atoms with Crippen LogP contribution in [-0.4, -0.2) is 83.6 Å². The van der Waals surface area contributed by atoms with E-state index in [1.807, 2.05) is 69.4 Å². The van der Waals surface area contributed by atoms with Gasteiger partial charge < -0.3 is 25.0 Å². The average molecular weight is 530 g/mol. The number of nitrogens with zero attached hydrogens (tertiary/aromatic N) is 3. The molecule has 204 valence electrons. The Bertz CT molecular complexity index is 1410. The molecule has 2 aromatic carbocycles. The van der Waals surface area contributed by atoms with Gasteiger partial charge in [0.05, 0.1) is 12.6 Å². The van der Waals surface area contributed by atoms with Crippen LogP contribution >= 0.6 is 0 Å². The number of benzene rings is 2. The van der Waals surface area contributed by atoms with E-state index < -0.39 is 12.1 Å². The second-order valence-electron chi connectivity index (χ2n) is 11.1. The van der Waals surface area contributed by atoms with Gasteiger partial charge in [0.15, 0.2) is 5.78 Å². The largest absolute Gasteiger partial charge is 0.378 e. The molecule has 1 aromatic heterocycles. The third-order valence-corrected chi connectivity index (χ3v) is 7.72. The number of aromatic nitrogens is 1. The quantitative estimate of drug-likeness (QED) is 0.489. The van der Waals surface area contributed by atoms with Crippen molar-refractivity contribution in [3.63, 3.8) is 0 Å². The highest BCUT2D eigenvalue weighted by molar-refractivity contribution is 6.04. The van der Waals surface area contributed by atoms with Crippen LogP contribution in [0.5, 0.6) is 0 Å². The summed E-state index contributed by atoms with van der Waals surface area (Å²) < 4.78 is 0. The minimum Gasteiger partial charge on any atom is -0.378 e. The zero-order chi connectivity index (χ0) is 27.8. The van der Waals surface area contributed by atoms with Crippen LogP contribution < -0.4 is 10.2 Å². The first-order chi connectivity index (χ1) is 18.6. The fourth-order valence-corrected chi connectivity index (χ4v) is 5.74. The van der Waals surface area contributed by atoms with Gasteiger partial charge in [-0.05, 0) is 67.3 Å². The van der Waals surface area contributed by atoms with Gasteiger partial charge in [-0.3, -0.25) is 19.2 Å². The highest BCUT2D eigenvalue weighted by Crippen LogP contribution is 2.32. The highest BCUT2D eigenvalue weighted by atomic mass is 16.2. The van der Waals surface area contributed by atoms with Crippen molar-refractivity contribution in [3.05, 3.63) is 65.9 Å². The lowest BCUT2D eigenvalue weighted by Gasteiger charge is -2.29. The maximum Gasteiger partial charge on any atom is 0.254 e. The normalized spacial score (nSPS) is 19.5. The number of amides is 3. The van der Waals surface area contributed by atoms with Gasteiger partial charge in [-0.2, -0.15) is 0 Å². The second-order valence-corrected chi connectivity index (χ2v) is 11.1. The Balaban J connectivity index is 1.32. The van der Waals surface area contributed by atoms with Crippen molar-refractivity contribution in [2.75, 3.05) is 32.1 Å². The molecule has 39 heavy (non-hydrogen) atoms. The average Bonchev–Trinajstić information content (AvgIpc) is 3.63. The Morgan fingerprint density at radius 3 is 2.44 bits per heavy atom. The molecule has 0 radical (unpaired) electrons. The zero-order valence-corrected chi connectivity index (χ0v) is 22.8. The SMILES string of the molecule is CC(C)C[C@H](NC(=O)c1ccc(N(C)C)cc1)C(=O)N1CCC2[C@H]1C(=O)CN2C(=O)c1ccc2[nH]ccc2c1. The molecule has 2 saturated heterocycles. The number of Topliss-reactive ketones (excluding diaryl/α,β-unsaturated/α-hetero) is 1. The minimum atomic E-state index is -0.765. The van der Waals surface area contributed by atoms with Crippen LogP contribution in [0, 0.1) is 5.92 Å². The second kappa shape index (κ2) is 10.6. The summed E-state index contributed by atoms with van der Waals surface area (Å²) in [5.74, 6) is -0.803. The first kappa shape index (κ1) is 26.5. The highest BCUT2D eigenvalue weighted by Gasteiger charge is 2.52. The van der Waals surface area contributed by atoms with E-state index in [-0.39, 0.29) is 42.0 Å². The van der Waals surface area contributed by atoms with Crippen LogP contribution in [0.4, 0.5) is 5.69 Å². The molecule has 3 heterocycles. The maximum atomic E-state index is 13.8. The number of ketones is 1. The van der Waals surface area contributed by atoms with E-state index in [4.69, 9.17) is 0 Å². The van der Waals surface area contributed by atoms with E-state index >= 15 is 0 Å². The Morgan fingerprint density at radius 2 is 1.74 bits per heavy atom. The Kier molecular flexibility index (Phi) is 7.16. The summed E-state index contributed by atoms with van der Waals surface area (Å²) in [6.07, 6.45) is 2.79. The van der Waals surface area contributed by atoms with Gasteiger partial charge in [-0.25, -0.2) is 0 Å². The van der Waals surface area contributed by atoms with E-state index in [1.165, 1.54) is 0 Å². The molecule has 2 aliphatic rings. The Hall–Kier alpha value is -4.14. The van der Waals surface area contributed by atoms with Crippen molar-refractivity contribution >= 4 is 40.1 Å². The van der Waals surface area contributed by atoms with Gasteiger partial charge in [0.25, 0.3) is 11.8 Å². The summed E-state index contributed by atoms with van der Waals surface area (Å²) in [5, 5.41) is 3.85. The third-order valence-electron chi connectivity index (χ3n) is 7.72. The number of H-pyrrole nitrogens is 1. The lowest BCUT2D eigenvalue weighted by Crippen LogP contribution is -2.53. The van der Waals surface area contributed by atoms with Gasteiger partial charge >= 0.3 is 0 Å². The number of anilines is 1. The van der Waals surface area contributed by atoms with Crippen molar-refractivity contribution in [3.8, 4) is 0 Å². The molecule has 2 N–H and O–H groups in total. The number of rotatable bonds is 7. The summed E-state index contributed by atoms with van der Waals surface area (Å²) in [4.78, 5) is 61.7. The number of hydrogen-bond acceptors (Lipinski definition) is 5. The molecule has 0 saturated carbocycles. The van der Waals surface area contributed by atoms with Crippen LogP contribution in [0.15, 0.2) is 54.7 Å². The van der Waals surface area contributed by atoms with Gasteiger partial charge in [-0.1, -0.05) is 13.8 Å². The van der Waals surface area contributed by atoms with Crippen LogP contribution in [0.25, 0.3) is 10.9 Å². The molecular formula is C30H35N5O4. The first-order valence-electron chi connectivity index (χ1n) is 13.4. The molecule has 3 amide bonds. The molecule has 2 fully saturated rings. The molecule has 2 aliphatic heterocycles. The number of carbonyl (C=O) groups excluding carboxylic acids is 4. The number of carbonyl (C=O) groups is 4. The summed E-state index contributed by atoms with van der Waals surface area (Å²) in [6.45, 7) is 4.33. The van der Waals surface area contributed by atoms with E-state index in [1.54, 1.807) is 28.0 Å². The maximum absolute atomic E-state index is 13.8. The van der Waals surface area contributed by atoms with Crippen molar-refractivity contribution < 1.29 is 19.2 Å². The van der Waals surface area contributed by atoms with Crippen LogP contribution in [0.2, 0.25) is 0 Å². The fourth-order valence-electron chi connectivity index (χ4n) is 5.74. The number of aromatic amines is 1. The summed E-state index contributed by atoms with van der Waals surface area (Å²) in [6, 6.07) is 12.7. The van der Waals surface area contributed by atoms with E-state index in [2.05, 4.69) is 10.3 Å². The number of nitrogens with one attached hydrogen (secondary N) is 2. The van der Waals surface area contributed by atoms with E-state index in [0.717, 1.165) is 16.6 Å². The molecular weight excluding hydrogens is 494 g/mol. The predicted molar refractivity (Wildman–Crippen MR) is 150 cm³/mol. The predicted octanol–water partition coefficient (Wildman–Crippen LogP) is 3.07. The van der Waals surface area contributed by atoms with Crippen molar-refractivity contribution in [1.82, 2.24) is 20.1 Å². The first-order valence-corrected chi connectivity index (χ1v) is 13.4. The fraction of sp³-hybridized carbons (Fsp3) is 0.400. The molecule has 5 rings (SSSR count). The third kappa shape index (κ3) is 5.13. The molecule has 0 bridgehead atoms. The molecule has 9 heteroatoms. The zero-order valence-electron chi connectivity index (χ0n) is 22.8. The molecule has 1 unspecified atom stereocenters. The lowest BCUT2D eigenvalue weighted by atomic mass is 10.0. The van der Waals surface area contributed by atoms with E-state index in [9.17, 15) is 19.2 Å². The standard InChI is InChI=1S/C30H35N5O4/c1-18(2)15-24(32-28(37)19-5-8-22(9-6-19)33(3)4)30(39)34-14-12-25-27(34)26(36)17-35(25)29(38)21-7-10-23-20(16-21)11-13-31-23/h5-11,13,16,18,24-25,27,31H,12,14-15,17H2,1-4H3,(H,32,37)/t24-,25?,27-/m0/s1. The Labute approximate surface area is 228 Å². The molecule has 3 aromatic rings. The van der Waals surface area contributed by atoms with Crippen molar-refractivity contribution in [2.24, 2.45) is 5.92 Å². The Morgan fingerprint density at radius 1 is 1.03 bits per heavy atom. The molecule has 0 spiro atoms. The van der Waals surface area contributed by atoms with Gasteiger partial charge in [-0.15, -0.1) is 0 Å². The number of hydrogen-bond donors (Lipinski definition) is 2. The molecule has 9 nitrogen and oxygen atoms in total. The van der Waals surface area contributed by atoms with Gasteiger partial charge in [0.2, 0.25) is 5.91 Å². The topological polar surface area (TPSA) is 106 Å². The summed E-state index contributed by atoms with van der Waals surface area (Å²) in [5.41, 5.74) is 2.89. The van der Waals surface area contributed by atoms with Crippen molar-refractivity contribution in [2.45, 2.75) is 44.8 Å². The summed E-state index contributed by atoms with van der Waals surface area (Å²) >= 11 is 0. The van der Waals surface area contributed by atoms with Gasteiger partial charge in [0, 0.05) is 54.6 Å². The van der Waals surface area contributed by atoms with Crippen LogP contribution in [-0.2, 0) is 9.59 Å². The van der Waals surface area contributed by atoms with Gasteiger partial charge in [0.1, 0.15) is 12.1 Å². The number of fused-ring (bicyclic) bond motifs is 2. The van der Waals surface area contributed by atoms with Crippen molar-refractivity contribution in [1.29, 1.82) is 0 Å². The molecule has 0 aliphatic carbocycles. The summed E-state index contributed by atoms with van der Waals surface area (Å²) in [7, 11) is 3.85. The number of likely N-dealkylation sites (tertiary alicyclic amines) is 2. The molecule has 3 atom stereocenters. The minimum absolute atomic E-state index is 0.0252.